The number of hydrogen-bond acceptors (Lipinski definition) is 5. The van der Waals surface area contributed by atoms with Crippen molar-refractivity contribution in [3.05, 3.63) is 41.5 Å². The minimum Gasteiger partial charge on any atom is -0.369 e. The van der Waals surface area contributed by atoms with Crippen molar-refractivity contribution in [1.82, 2.24) is 15.3 Å². The summed E-state index contributed by atoms with van der Waals surface area (Å²) in [6, 6.07) is 10.5. The van der Waals surface area contributed by atoms with Gasteiger partial charge in [-0.05, 0) is 32.8 Å². The van der Waals surface area contributed by atoms with Crippen molar-refractivity contribution in [1.29, 1.82) is 0 Å². The second kappa shape index (κ2) is 8.27. The highest BCUT2D eigenvalue weighted by Crippen LogP contribution is 2.40. The van der Waals surface area contributed by atoms with Crippen LogP contribution in [0.3, 0.4) is 0 Å². The fourth-order valence-corrected chi connectivity index (χ4v) is 3.99. The molecule has 2 N–H and O–H groups in total. The van der Waals surface area contributed by atoms with Gasteiger partial charge in [0.2, 0.25) is 5.91 Å². The van der Waals surface area contributed by atoms with Crippen LogP contribution in [0, 0.1) is 6.92 Å². The van der Waals surface area contributed by atoms with Crippen molar-refractivity contribution >= 4 is 33.3 Å². The lowest BCUT2D eigenvalue weighted by Gasteiger charge is -2.10. The highest BCUT2D eigenvalue weighted by atomic mass is 32.1. The number of rotatable bonds is 7. The van der Waals surface area contributed by atoms with Crippen LogP contribution in [0.1, 0.15) is 31.6 Å². The smallest absolute Gasteiger partial charge is 0.220 e. The fraction of sp³-hybridized carbons (Fsp3) is 0.350. The minimum absolute atomic E-state index is 0.0889. The van der Waals surface area contributed by atoms with E-state index in [4.69, 9.17) is 0 Å². The topological polar surface area (TPSA) is 66.9 Å². The zero-order valence-electron chi connectivity index (χ0n) is 15.4. The van der Waals surface area contributed by atoms with Crippen molar-refractivity contribution in [2.45, 2.75) is 39.7 Å². The average Bonchev–Trinajstić information content (AvgIpc) is 2.95. The molecule has 0 unspecified atom stereocenters. The molecule has 3 aromatic rings. The highest BCUT2D eigenvalue weighted by Gasteiger charge is 2.16. The minimum atomic E-state index is 0.0889. The summed E-state index contributed by atoms with van der Waals surface area (Å²) >= 11 is 1.68. The van der Waals surface area contributed by atoms with E-state index in [2.05, 4.69) is 39.7 Å². The van der Waals surface area contributed by atoms with E-state index in [1.54, 1.807) is 17.7 Å². The van der Waals surface area contributed by atoms with E-state index in [-0.39, 0.29) is 11.9 Å². The number of hydrogen-bond donors (Lipinski definition) is 2. The van der Waals surface area contributed by atoms with Crippen LogP contribution >= 0.6 is 11.3 Å². The maximum atomic E-state index is 11.8. The maximum Gasteiger partial charge on any atom is 0.220 e. The lowest BCUT2D eigenvalue weighted by Crippen LogP contribution is -2.30. The molecule has 1 amide bonds. The Morgan fingerprint density at radius 2 is 1.96 bits per heavy atom. The van der Waals surface area contributed by atoms with E-state index in [1.165, 1.54) is 16.0 Å². The number of carbonyl (C=O) groups is 1. The molecule has 0 saturated carbocycles. The molecule has 3 rings (SSSR count). The van der Waals surface area contributed by atoms with Crippen molar-refractivity contribution in [2.24, 2.45) is 0 Å². The highest BCUT2D eigenvalue weighted by molar-refractivity contribution is 7.19. The zero-order chi connectivity index (χ0) is 18.5. The fourth-order valence-electron chi connectivity index (χ4n) is 2.98. The van der Waals surface area contributed by atoms with E-state index in [1.807, 2.05) is 32.0 Å². The summed E-state index contributed by atoms with van der Waals surface area (Å²) in [6.07, 6.45) is 2.86. The summed E-state index contributed by atoms with van der Waals surface area (Å²) in [5.41, 5.74) is 2.36. The van der Waals surface area contributed by atoms with Gasteiger partial charge in [0, 0.05) is 29.4 Å². The summed E-state index contributed by atoms with van der Waals surface area (Å²) in [5, 5.41) is 7.37. The SMILES string of the molecule is Cc1sc2ncnc(NCCCC(=O)NC(C)C)c2c1-c1ccccc1. The van der Waals surface area contributed by atoms with Gasteiger partial charge in [-0.1, -0.05) is 30.3 Å². The Bertz CT molecular complexity index is 889. The lowest BCUT2D eigenvalue weighted by atomic mass is 10.0. The molecular formula is C20H24N4OS. The van der Waals surface area contributed by atoms with Gasteiger partial charge in [-0.3, -0.25) is 4.79 Å². The molecule has 1 aromatic carbocycles. The lowest BCUT2D eigenvalue weighted by molar-refractivity contribution is -0.121. The maximum absolute atomic E-state index is 11.8. The first-order chi connectivity index (χ1) is 12.6. The Kier molecular flexibility index (Phi) is 5.83. The quantitative estimate of drug-likeness (QED) is 0.607. The van der Waals surface area contributed by atoms with Gasteiger partial charge in [-0.2, -0.15) is 0 Å². The third kappa shape index (κ3) is 4.19. The molecule has 0 bridgehead atoms. The second-order valence-electron chi connectivity index (χ2n) is 6.55. The standard InChI is InChI=1S/C20H24N4OS/c1-13(2)24-16(25)10-7-11-21-19-18-17(15-8-5-4-6-9-15)14(3)26-20(18)23-12-22-19/h4-6,8-9,12-13H,7,10-11H2,1-3H3,(H,24,25)(H,21,22,23). The Morgan fingerprint density at radius 3 is 2.69 bits per heavy atom. The molecule has 26 heavy (non-hydrogen) atoms. The van der Waals surface area contributed by atoms with Crippen LogP contribution in [0.25, 0.3) is 21.3 Å². The van der Waals surface area contributed by atoms with Crippen molar-refractivity contribution in [3.63, 3.8) is 0 Å². The molecule has 0 atom stereocenters. The molecule has 2 heterocycles. The van der Waals surface area contributed by atoms with Gasteiger partial charge in [0.05, 0.1) is 5.39 Å². The monoisotopic (exact) mass is 368 g/mol. The van der Waals surface area contributed by atoms with Crippen LogP contribution in [0.4, 0.5) is 5.82 Å². The summed E-state index contributed by atoms with van der Waals surface area (Å²) in [4.78, 5) is 22.9. The molecule has 6 heteroatoms. The van der Waals surface area contributed by atoms with Gasteiger partial charge in [-0.25, -0.2) is 9.97 Å². The van der Waals surface area contributed by atoms with Gasteiger partial charge in [0.1, 0.15) is 17.0 Å². The van der Waals surface area contributed by atoms with Crippen LogP contribution in [0.15, 0.2) is 36.7 Å². The molecule has 2 aromatic heterocycles. The van der Waals surface area contributed by atoms with Crippen LogP contribution < -0.4 is 10.6 Å². The van der Waals surface area contributed by atoms with Crippen molar-refractivity contribution in [3.8, 4) is 11.1 Å². The summed E-state index contributed by atoms with van der Waals surface area (Å²) < 4.78 is 0. The molecule has 0 aliphatic heterocycles. The van der Waals surface area contributed by atoms with Gasteiger partial charge in [0.25, 0.3) is 0 Å². The largest absolute Gasteiger partial charge is 0.369 e. The Morgan fingerprint density at radius 1 is 1.19 bits per heavy atom. The van der Waals surface area contributed by atoms with E-state index in [0.717, 1.165) is 22.5 Å². The number of carbonyl (C=O) groups excluding carboxylic acids is 1. The van der Waals surface area contributed by atoms with Gasteiger partial charge >= 0.3 is 0 Å². The van der Waals surface area contributed by atoms with Crippen molar-refractivity contribution < 1.29 is 4.79 Å². The predicted molar refractivity (Wildman–Crippen MR) is 109 cm³/mol. The number of nitrogens with one attached hydrogen (secondary N) is 2. The number of benzene rings is 1. The van der Waals surface area contributed by atoms with E-state index >= 15 is 0 Å². The number of thiophene rings is 1. The van der Waals surface area contributed by atoms with Gasteiger partial charge < -0.3 is 10.6 Å². The molecule has 0 aliphatic carbocycles. The number of fused-ring (bicyclic) bond motifs is 1. The first-order valence-corrected chi connectivity index (χ1v) is 9.70. The normalized spacial score (nSPS) is 11.1. The second-order valence-corrected chi connectivity index (χ2v) is 7.76. The predicted octanol–water partition coefficient (Wildman–Crippen LogP) is 4.38. The Labute approximate surface area is 157 Å². The average molecular weight is 369 g/mol. The molecule has 5 nitrogen and oxygen atoms in total. The third-order valence-corrected chi connectivity index (χ3v) is 5.06. The first kappa shape index (κ1) is 18.3. The zero-order valence-corrected chi connectivity index (χ0v) is 16.2. The van der Waals surface area contributed by atoms with Crippen LogP contribution in [-0.2, 0) is 4.79 Å². The van der Waals surface area contributed by atoms with Gasteiger partial charge in [-0.15, -0.1) is 11.3 Å². The van der Waals surface area contributed by atoms with E-state index < -0.39 is 0 Å². The molecule has 136 valence electrons. The Hall–Kier alpha value is -2.47. The van der Waals surface area contributed by atoms with E-state index in [0.29, 0.717) is 13.0 Å². The number of aromatic nitrogens is 2. The molecular weight excluding hydrogens is 344 g/mol. The first-order valence-electron chi connectivity index (χ1n) is 8.89. The summed E-state index contributed by atoms with van der Waals surface area (Å²) in [7, 11) is 0. The van der Waals surface area contributed by atoms with Crippen LogP contribution in [-0.4, -0.2) is 28.5 Å². The number of anilines is 1. The van der Waals surface area contributed by atoms with Crippen LogP contribution in [0.5, 0.6) is 0 Å². The molecule has 0 saturated heterocycles. The molecule has 0 fully saturated rings. The number of aryl methyl sites for hydroxylation is 1. The van der Waals surface area contributed by atoms with Crippen molar-refractivity contribution in [2.75, 3.05) is 11.9 Å². The summed E-state index contributed by atoms with van der Waals surface area (Å²) in [5.74, 6) is 0.924. The number of amides is 1. The van der Waals surface area contributed by atoms with Gasteiger partial charge in [0.15, 0.2) is 0 Å². The summed E-state index contributed by atoms with van der Waals surface area (Å²) in [6.45, 7) is 6.75. The van der Waals surface area contributed by atoms with E-state index in [9.17, 15) is 4.79 Å². The van der Waals surface area contributed by atoms with Crippen LogP contribution in [0.2, 0.25) is 0 Å². The molecule has 0 spiro atoms. The molecule has 0 aliphatic rings. The third-order valence-electron chi connectivity index (χ3n) is 4.05. The Balaban J connectivity index is 1.78. The number of nitrogens with zero attached hydrogens (tertiary/aromatic N) is 2. The molecule has 0 radical (unpaired) electrons.